The van der Waals surface area contributed by atoms with Crippen molar-refractivity contribution >= 4 is 71.2 Å². The molecule has 0 radical (unpaired) electrons. The number of anilines is 3. The maximum Gasteiger partial charge on any atom is 1.00 e. The molecule has 8 rings (SSSR count). The number of hydrogen-bond acceptors (Lipinski definition) is 23. The number of nitrogens with one attached hydrogen (secondary N) is 4. The predicted molar refractivity (Wildman–Crippen MR) is 277 cm³/mol. The van der Waals surface area contributed by atoms with E-state index in [1.54, 1.807) is 68.3 Å². The number of nitrogens with two attached hydrogens (primary N) is 4. The zero-order valence-electron chi connectivity index (χ0n) is 45.4. The van der Waals surface area contributed by atoms with Gasteiger partial charge in [-0.05, 0) is 97.4 Å². The summed E-state index contributed by atoms with van der Waals surface area (Å²) in [5.74, 6) is -0.296. The van der Waals surface area contributed by atoms with Gasteiger partial charge in [-0.3, -0.25) is 24.0 Å². The van der Waals surface area contributed by atoms with Gasteiger partial charge in [-0.1, -0.05) is 0 Å². The molecule has 81 heavy (non-hydrogen) atoms. The number of H-pyrrole nitrogens is 1. The molecule has 4 aromatic heterocycles. The Hall–Kier alpha value is -7.76. The Bertz CT molecular complexity index is 2840. The average molecular weight is 1170 g/mol. The molecule has 0 bridgehead atoms. The van der Waals surface area contributed by atoms with E-state index in [1.807, 2.05) is 20.8 Å². The summed E-state index contributed by atoms with van der Waals surface area (Å²) in [6.07, 6.45) is -1.46. The van der Waals surface area contributed by atoms with Gasteiger partial charge < -0.3 is 54.0 Å². The van der Waals surface area contributed by atoms with Crippen LogP contribution in [0.1, 0.15) is 67.8 Å². The smallest absolute Gasteiger partial charge is 0.444 e. The number of aromatic amines is 1. The van der Waals surface area contributed by atoms with E-state index in [0.29, 0.717) is 36.9 Å². The molecule has 0 aliphatic heterocycles. The molecule has 4 aliphatic carbocycles. The van der Waals surface area contributed by atoms with Crippen LogP contribution in [0.15, 0.2) is 34.4 Å². The second-order valence-corrected chi connectivity index (χ2v) is 14.6. The number of allylic oxidation sites excluding steroid dienone is 4. The van der Waals surface area contributed by atoms with E-state index in [0.717, 1.165) is 74.5 Å². The fraction of sp³-hybridized carbons (Fsp3) is 0.370. The van der Waals surface area contributed by atoms with Crippen LogP contribution in [0.5, 0.6) is 0 Å². The van der Waals surface area contributed by atoms with Crippen LogP contribution in [0.25, 0.3) is 24.3 Å². The summed E-state index contributed by atoms with van der Waals surface area (Å²) in [5, 5.41) is 16.2. The largest absolute Gasteiger partial charge is 1.00 e. The van der Waals surface area contributed by atoms with E-state index in [1.165, 1.54) is 32.5 Å². The maximum absolute atomic E-state index is 11.2. The topological polar surface area (TPSA) is 410 Å². The number of carbonyl (C=O) groups is 5. The van der Waals surface area contributed by atoms with Crippen LogP contribution < -0.4 is 74.1 Å². The second-order valence-electron chi connectivity index (χ2n) is 14.6. The minimum Gasteiger partial charge on any atom is -0.444 e. The quantitative estimate of drug-likeness (QED) is 0.0600. The Morgan fingerprint density at radius 2 is 0.840 bits per heavy atom. The standard InChI is InChI=1S/2C10H11N3O.C9H9N3O.C9H8N2O2.C3H4F3NO.C2F6O.3CH5N.HNO2.Na/c2*1-6-8-4-3-7(14)5-9(8)13-10(11-2)12-6;1-5-7-3-2-6(13)4-8(7)12-9(10)11-5;1-5-7-3-2-6(12)4-8(7)11-9(13)10-5;1-7-2(8)3(4,5)6;3-1(4,5)9-2(6,7)8;3*1-2;2-1-3;/h2*3-4H,5H2,1-2H3,(H,11,12,13);2-3H,4H2,1H3,(H2,10,11,12);2-3H,4H2,1H3,(H,10,11,13);1H3,(H,7,8);;3*2H2,1H3;(H,2,3);/q;;;;;;;;;;+1/p-1. The Labute approximate surface area is 478 Å². The molecule has 440 valence electrons. The number of halogens is 9. The van der Waals surface area contributed by atoms with Gasteiger partial charge in [0.15, 0.2) is 23.1 Å². The van der Waals surface area contributed by atoms with E-state index < -0.39 is 24.8 Å². The minimum absolute atomic E-state index is 0. The van der Waals surface area contributed by atoms with Crippen LogP contribution in [0.2, 0.25) is 0 Å². The summed E-state index contributed by atoms with van der Waals surface area (Å²) in [7, 11) is 8.96. The number of aromatic nitrogens is 8. The Kier molecular flexibility index (Phi) is 36.3. The number of rotatable bonds is 2. The molecule has 0 fully saturated rings. The van der Waals surface area contributed by atoms with Crippen molar-refractivity contribution in [3.63, 3.8) is 0 Å². The first-order chi connectivity index (χ1) is 37.3. The van der Waals surface area contributed by atoms with Crippen molar-refractivity contribution in [1.82, 2.24) is 45.2 Å². The Morgan fingerprint density at radius 3 is 1.11 bits per heavy atom. The molecular formula is C46H58F9N16NaO9. The number of alkyl halides is 9. The zero-order valence-corrected chi connectivity index (χ0v) is 47.4. The van der Waals surface area contributed by atoms with Crippen molar-refractivity contribution in [2.75, 3.05) is 58.7 Å². The molecule has 0 aromatic carbocycles. The fourth-order valence-corrected chi connectivity index (χ4v) is 6.11. The predicted octanol–water partition coefficient (Wildman–Crippen LogP) is 0.969. The van der Waals surface area contributed by atoms with Crippen LogP contribution in [0, 0.1) is 37.8 Å². The van der Waals surface area contributed by atoms with E-state index in [-0.39, 0.29) is 70.7 Å². The Morgan fingerprint density at radius 1 is 0.543 bits per heavy atom. The molecule has 0 unspecified atom stereocenters. The number of hydrogen-bond donors (Lipinski definition) is 8. The molecule has 1 amide bonds. The van der Waals surface area contributed by atoms with Gasteiger partial charge in [0, 0.05) is 49.1 Å². The molecule has 0 atom stereocenters. The first-order valence-electron chi connectivity index (χ1n) is 22.3. The third kappa shape index (κ3) is 29.3. The summed E-state index contributed by atoms with van der Waals surface area (Å²) in [5.41, 5.74) is 28.7. The monoisotopic (exact) mass is 1170 g/mol. The van der Waals surface area contributed by atoms with Gasteiger partial charge >= 0.3 is 60.1 Å². The number of amides is 1. The summed E-state index contributed by atoms with van der Waals surface area (Å²) in [4.78, 5) is 104. The molecule has 0 saturated carbocycles. The van der Waals surface area contributed by atoms with Gasteiger partial charge in [-0.25, -0.2) is 34.7 Å². The second kappa shape index (κ2) is 38.0. The zero-order chi connectivity index (χ0) is 62.3. The normalized spacial score (nSPS) is 12.5. The third-order valence-corrected chi connectivity index (χ3v) is 9.18. The molecular weight excluding hydrogens is 1110 g/mol. The molecule has 4 aliphatic rings. The molecule has 0 saturated heterocycles. The molecule has 0 spiro atoms. The molecule has 4 heterocycles. The van der Waals surface area contributed by atoms with Crippen LogP contribution in [-0.4, -0.2) is 130 Å². The van der Waals surface area contributed by atoms with Gasteiger partial charge in [-0.2, -0.15) is 22.9 Å². The van der Waals surface area contributed by atoms with Crippen molar-refractivity contribution in [3.05, 3.63) is 113 Å². The molecule has 35 heteroatoms. The number of nitrogens with zero attached hydrogens (tertiary/aromatic N) is 8. The van der Waals surface area contributed by atoms with E-state index in [2.05, 4.69) is 67.7 Å². The van der Waals surface area contributed by atoms with Crippen LogP contribution in [0.3, 0.4) is 0 Å². The molecule has 4 aromatic rings. The SMILES string of the molecule is CN.CN.CN.CNC(=O)C(F)(F)F.CNc1nc(C)c2c(n1)CC(=O)C=C2.CNc1nc(C)c2c(n1)CC(=O)C=C2.Cc1[nH]c(=O)nc2c1C=CC(=O)C2.Cc1nc(N)nc2c1C=CC(=O)C2.FC(F)(F)OC(F)(F)F.O=N[O-].[Na+]. The van der Waals surface area contributed by atoms with Gasteiger partial charge in [-0.15, -0.1) is 31.7 Å². The number of aryl methyl sites for hydroxylation is 4. The van der Waals surface area contributed by atoms with Crippen molar-refractivity contribution in [1.29, 1.82) is 0 Å². The summed E-state index contributed by atoms with van der Waals surface area (Å²) in [6.45, 7) is 7.49. The van der Waals surface area contributed by atoms with Crippen molar-refractivity contribution in [2.45, 2.75) is 72.3 Å². The summed E-state index contributed by atoms with van der Waals surface area (Å²) in [6, 6.07) is 0. The van der Waals surface area contributed by atoms with E-state index >= 15 is 0 Å². The Balaban J connectivity index is -0.000000882. The number of fused-ring (bicyclic) bond motifs is 4. The summed E-state index contributed by atoms with van der Waals surface area (Å²) >= 11 is 0. The average Bonchev–Trinajstić information content (AvgIpc) is 3.37. The van der Waals surface area contributed by atoms with Crippen LogP contribution in [0.4, 0.5) is 57.4 Å². The number of ether oxygens (including phenoxy) is 1. The minimum atomic E-state index is -5.64. The van der Waals surface area contributed by atoms with Gasteiger partial charge in [0.25, 0.3) is 0 Å². The first kappa shape index (κ1) is 77.5. The molecule has 25 nitrogen and oxygen atoms in total. The van der Waals surface area contributed by atoms with Crippen LogP contribution >= 0.6 is 0 Å². The fourth-order valence-electron chi connectivity index (χ4n) is 6.11. The van der Waals surface area contributed by atoms with Crippen molar-refractivity contribution in [2.24, 2.45) is 22.5 Å². The number of nitrogen functional groups attached to an aromatic ring is 1. The number of ketones is 4. The van der Waals surface area contributed by atoms with Gasteiger partial charge in [0.2, 0.25) is 17.8 Å². The van der Waals surface area contributed by atoms with Crippen LogP contribution in [-0.2, 0) is 54.4 Å². The van der Waals surface area contributed by atoms with E-state index in [4.69, 9.17) is 15.8 Å². The van der Waals surface area contributed by atoms with Crippen molar-refractivity contribution in [3.8, 4) is 0 Å². The maximum atomic E-state index is 11.2. The number of carbonyl (C=O) groups excluding carboxylic acids is 5. The van der Waals surface area contributed by atoms with Crippen molar-refractivity contribution < 1.29 is 97.8 Å². The van der Waals surface area contributed by atoms with E-state index in [9.17, 15) is 68.3 Å². The first-order valence-corrected chi connectivity index (χ1v) is 22.3. The molecule has 12 N–H and O–H groups in total. The van der Waals surface area contributed by atoms with Gasteiger partial charge in [0.05, 0.1) is 65.5 Å². The third-order valence-electron chi connectivity index (χ3n) is 9.18. The summed E-state index contributed by atoms with van der Waals surface area (Å²) < 4.78 is 98.4. The van der Waals surface area contributed by atoms with Gasteiger partial charge in [0.1, 0.15) is 0 Å².